The Hall–Kier alpha value is -2.39. The highest BCUT2D eigenvalue weighted by Crippen LogP contribution is 2.37. The Morgan fingerprint density at radius 2 is 1.86 bits per heavy atom. The standard InChI is InChI=1S/C19H15NOS/c1-12-8-9-22-18(12)19(21)20-15-6-7-17-14(11-15)10-13-4-2-3-5-16(13)17/h2-9,11H,10H2,1H3,(H,20,21). The van der Waals surface area contributed by atoms with Gasteiger partial charge in [0.2, 0.25) is 0 Å². The minimum Gasteiger partial charge on any atom is -0.321 e. The van der Waals surface area contributed by atoms with Gasteiger partial charge < -0.3 is 5.32 Å². The summed E-state index contributed by atoms with van der Waals surface area (Å²) in [4.78, 5) is 13.1. The maximum absolute atomic E-state index is 12.3. The molecule has 3 aromatic rings. The third-order valence-electron chi connectivity index (χ3n) is 4.12. The van der Waals surface area contributed by atoms with Crippen LogP contribution in [-0.2, 0) is 6.42 Å². The fourth-order valence-electron chi connectivity index (χ4n) is 3.02. The summed E-state index contributed by atoms with van der Waals surface area (Å²) in [5, 5.41) is 4.96. The number of amides is 1. The fraction of sp³-hybridized carbons (Fsp3) is 0.105. The molecule has 2 aromatic carbocycles. The van der Waals surface area contributed by atoms with Crippen LogP contribution in [0.3, 0.4) is 0 Å². The highest BCUT2D eigenvalue weighted by Gasteiger charge is 2.18. The van der Waals surface area contributed by atoms with Gasteiger partial charge in [-0.15, -0.1) is 11.3 Å². The first-order valence-electron chi connectivity index (χ1n) is 7.29. The van der Waals surface area contributed by atoms with Crippen molar-refractivity contribution in [3.63, 3.8) is 0 Å². The Labute approximate surface area is 133 Å². The number of thiophene rings is 1. The molecule has 0 fully saturated rings. The predicted molar refractivity (Wildman–Crippen MR) is 91.7 cm³/mol. The van der Waals surface area contributed by atoms with Crippen LogP contribution in [0.2, 0.25) is 0 Å². The molecular weight excluding hydrogens is 290 g/mol. The van der Waals surface area contributed by atoms with Crippen molar-refractivity contribution in [3.05, 3.63) is 75.5 Å². The maximum atomic E-state index is 12.3. The van der Waals surface area contributed by atoms with Crippen LogP contribution in [0.15, 0.2) is 53.9 Å². The highest BCUT2D eigenvalue weighted by molar-refractivity contribution is 7.12. The zero-order valence-corrected chi connectivity index (χ0v) is 13.0. The van der Waals surface area contributed by atoms with Crippen molar-refractivity contribution in [1.29, 1.82) is 0 Å². The second-order valence-electron chi connectivity index (χ2n) is 5.59. The number of nitrogens with one attached hydrogen (secondary N) is 1. The van der Waals surface area contributed by atoms with Gasteiger partial charge in [0.1, 0.15) is 0 Å². The molecule has 2 nitrogen and oxygen atoms in total. The van der Waals surface area contributed by atoms with Crippen molar-refractivity contribution in [1.82, 2.24) is 0 Å². The lowest BCUT2D eigenvalue weighted by molar-refractivity contribution is 0.103. The van der Waals surface area contributed by atoms with E-state index < -0.39 is 0 Å². The molecule has 3 heteroatoms. The van der Waals surface area contributed by atoms with E-state index in [1.807, 2.05) is 24.4 Å². The zero-order chi connectivity index (χ0) is 15.1. The molecular formula is C19H15NOS. The summed E-state index contributed by atoms with van der Waals surface area (Å²) >= 11 is 1.48. The minimum atomic E-state index is -0.0250. The maximum Gasteiger partial charge on any atom is 0.265 e. The van der Waals surface area contributed by atoms with E-state index in [0.29, 0.717) is 0 Å². The lowest BCUT2D eigenvalue weighted by Crippen LogP contribution is -2.11. The zero-order valence-electron chi connectivity index (χ0n) is 12.2. The van der Waals surface area contributed by atoms with Crippen LogP contribution in [0.25, 0.3) is 11.1 Å². The summed E-state index contributed by atoms with van der Waals surface area (Å²) in [6, 6.07) is 16.6. The summed E-state index contributed by atoms with van der Waals surface area (Å²) in [5.74, 6) is -0.0250. The number of hydrogen-bond acceptors (Lipinski definition) is 2. The van der Waals surface area contributed by atoms with Gasteiger partial charge in [-0.05, 0) is 64.7 Å². The van der Waals surface area contributed by atoms with Gasteiger partial charge >= 0.3 is 0 Å². The quantitative estimate of drug-likeness (QED) is 0.562. The van der Waals surface area contributed by atoms with E-state index in [0.717, 1.165) is 22.5 Å². The number of benzene rings is 2. The van der Waals surface area contributed by atoms with Crippen molar-refractivity contribution in [2.45, 2.75) is 13.3 Å². The molecule has 1 aromatic heterocycles. The average molecular weight is 305 g/mol. The predicted octanol–water partition coefficient (Wildman–Crippen LogP) is 4.88. The molecule has 0 aliphatic heterocycles. The summed E-state index contributed by atoms with van der Waals surface area (Å²) in [5.41, 5.74) is 7.11. The van der Waals surface area contributed by atoms with Crippen LogP contribution in [0.1, 0.15) is 26.4 Å². The Bertz CT molecular complexity index is 879. The monoisotopic (exact) mass is 305 g/mol. The summed E-state index contributed by atoms with van der Waals surface area (Å²) < 4.78 is 0. The number of carbonyl (C=O) groups excluding carboxylic acids is 1. The second kappa shape index (κ2) is 5.11. The van der Waals surface area contributed by atoms with Crippen molar-refractivity contribution < 1.29 is 4.79 Å². The molecule has 1 aliphatic carbocycles. The van der Waals surface area contributed by atoms with Gasteiger partial charge in [-0.3, -0.25) is 4.79 Å². The fourth-order valence-corrected chi connectivity index (χ4v) is 3.84. The van der Waals surface area contributed by atoms with Crippen molar-refractivity contribution >= 4 is 22.9 Å². The second-order valence-corrected chi connectivity index (χ2v) is 6.51. The van der Waals surface area contributed by atoms with Gasteiger partial charge in [0.25, 0.3) is 5.91 Å². The Morgan fingerprint density at radius 1 is 1.05 bits per heavy atom. The molecule has 1 aliphatic rings. The third kappa shape index (κ3) is 2.14. The molecule has 0 bridgehead atoms. The van der Waals surface area contributed by atoms with Gasteiger partial charge in [0.15, 0.2) is 0 Å². The third-order valence-corrected chi connectivity index (χ3v) is 5.14. The minimum absolute atomic E-state index is 0.0250. The van der Waals surface area contributed by atoms with Gasteiger partial charge in [-0.1, -0.05) is 30.3 Å². The molecule has 0 atom stereocenters. The lowest BCUT2D eigenvalue weighted by Gasteiger charge is -2.07. The first-order chi connectivity index (χ1) is 10.7. The van der Waals surface area contributed by atoms with Crippen molar-refractivity contribution in [2.75, 3.05) is 5.32 Å². The largest absolute Gasteiger partial charge is 0.321 e. The van der Waals surface area contributed by atoms with E-state index in [1.165, 1.54) is 33.6 Å². The average Bonchev–Trinajstić information content (AvgIpc) is 3.10. The first kappa shape index (κ1) is 13.3. The molecule has 1 amide bonds. The topological polar surface area (TPSA) is 29.1 Å². The smallest absolute Gasteiger partial charge is 0.265 e. The van der Waals surface area contributed by atoms with Crippen molar-refractivity contribution in [3.8, 4) is 11.1 Å². The Balaban J connectivity index is 1.63. The molecule has 4 rings (SSSR count). The van der Waals surface area contributed by atoms with Crippen LogP contribution in [-0.4, -0.2) is 5.91 Å². The number of anilines is 1. The summed E-state index contributed by atoms with van der Waals surface area (Å²) in [6.45, 7) is 1.96. The highest BCUT2D eigenvalue weighted by atomic mass is 32.1. The number of fused-ring (bicyclic) bond motifs is 3. The molecule has 1 heterocycles. The Kier molecular flexibility index (Phi) is 3.09. The SMILES string of the molecule is Cc1ccsc1C(=O)Nc1ccc2c(c1)Cc1ccccc1-2. The van der Waals surface area contributed by atoms with E-state index in [9.17, 15) is 4.79 Å². The number of hydrogen-bond donors (Lipinski definition) is 1. The number of carbonyl (C=O) groups is 1. The molecule has 0 spiro atoms. The van der Waals surface area contributed by atoms with E-state index in [4.69, 9.17) is 0 Å². The normalized spacial score (nSPS) is 11.9. The molecule has 1 N–H and O–H groups in total. The Morgan fingerprint density at radius 3 is 2.68 bits per heavy atom. The van der Waals surface area contributed by atoms with Gasteiger partial charge in [0.05, 0.1) is 4.88 Å². The van der Waals surface area contributed by atoms with E-state index in [1.54, 1.807) is 0 Å². The van der Waals surface area contributed by atoms with Crippen LogP contribution < -0.4 is 5.32 Å². The van der Waals surface area contributed by atoms with E-state index in [2.05, 4.69) is 41.7 Å². The van der Waals surface area contributed by atoms with Crippen LogP contribution >= 0.6 is 11.3 Å². The van der Waals surface area contributed by atoms with Crippen molar-refractivity contribution in [2.24, 2.45) is 0 Å². The van der Waals surface area contributed by atoms with E-state index in [-0.39, 0.29) is 5.91 Å². The lowest BCUT2D eigenvalue weighted by atomic mass is 10.1. The molecule has 0 saturated carbocycles. The number of rotatable bonds is 2. The molecule has 0 radical (unpaired) electrons. The van der Waals surface area contributed by atoms with Crippen LogP contribution in [0, 0.1) is 6.92 Å². The summed E-state index contributed by atoms with van der Waals surface area (Å²) in [7, 11) is 0. The molecule has 108 valence electrons. The first-order valence-corrected chi connectivity index (χ1v) is 8.17. The number of aryl methyl sites for hydroxylation is 1. The molecule has 0 saturated heterocycles. The molecule has 22 heavy (non-hydrogen) atoms. The molecule has 0 unspecified atom stereocenters. The van der Waals surface area contributed by atoms with Gasteiger partial charge in [-0.25, -0.2) is 0 Å². The van der Waals surface area contributed by atoms with Gasteiger partial charge in [-0.2, -0.15) is 0 Å². The van der Waals surface area contributed by atoms with Crippen LogP contribution in [0.5, 0.6) is 0 Å². The summed E-state index contributed by atoms with van der Waals surface area (Å²) in [6.07, 6.45) is 0.938. The van der Waals surface area contributed by atoms with Crippen LogP contribution in [0.4, 0.5) is 5.69 Å². The van der Waals surface area contributed by atoms with Gasteiger partial charge in [0, 0.05) is 5.69 Å². The van der Waals surface area contributed by atoms with E-state index >= 15 is 0 Å².